The molecule has 4 unspecified atom stereocenters. The SMILES string of the molecule is N#CC(CC1CCNC1=O)NC(=O)C(CC1CC1)NC(=O)C(Cc1ccc(F)cc1)NC(=O)OCc1ccccc1. The van der Waals surface area contributed by atoms with Gasteiger partial charge in [-0.3, -0.25) is 14.4 Å². The molecular weight excluding hydrogens is 529 g/mol. The Morgan fingerprint density at radius 1 is 0.927 bits per heavy atom. The van der Waals surface area contributed by atoms with Gasteiger partial charge in [0, 0.05) is 18.9 Å². The zero-order valence-corrected chi connectivity index (χ0v) is 22.6. The van der Waals surface area contributed by atoms with Crippen LogP contribution in [0.15, 0.2) is 54.6 Å². The number of hydrogen-bond acceptors (Lipinski definition) is 6. The van der Waals surface area contributed by atoms with Crippen LogP contribution >= 0.6 is 0 Å². The average Bonchev–Trinajstić information content (AvgIpc) is 3.71. The number of alkyl carbamates (subject to hydrolysis) is 1. The first-order valence-corrected chi connectivity index (χ1v) is 13.8. The Morgan fingerprint density at radius 3 is 2.27 bits per heavy atom. The number of nitrogens with zero attached hydrogens (tertiary/aromatic N) is 1. The van der Waals surface area contributed by atoms with E-state index in [-0.39, 0.29) is 37.2 Å². The van der Waals surface area contributed by atoms with Gasteiger partial charge in [-0.2, -0.15) is 5.26 Å². The van der Waals surface area contributed by atoms with E-state index >= 15 is 0 Å². The molecule has 1 aliphatic carbocycles. The zero-order chi connectivity index (χ0) is 29.2. The summed E-state index contributed by atoms with van der Waals surface area (Å²) in [4.78, 5) is 51.3. The first kappa shape index (κ1) is 29.5. The minimum absolute atomic E-state index is 0.00115. The fraction of sp³-hybridized carbons (Fsp3) is 0.433. The van der Waals surface area contributed by atoms with Gasteiger partial charge < -0.3 is 26.0 Å². The van der Waals surface area contributed by atoms with Gasteiger partial charge in [0.15, 0.2) is 0 Å². The molecule has 1 saturated heterocycles. The van der Waals surface area contributed by atoms with Gasteiger partial charge in [0.2, 0.25) is 17.7 Å². The van der Waals surface area contributed by atoms with Crippen molar-refractivity contribution in [2.75, 3.05) is 6.54 Å². The van der Waals surface area contributed by atoms with E-state index in [0.29, 0.717) is 24.9 Å². The number of nitrogens with one attached hydrogen (secondary N) is 4. The molecule has 1 saturated carbocycles. The zero-order valence-electron chi connectivity index (χ0n) is 22.6. The lowest BCUT2D eigenvalue weighted by molar-refractivity contribution is -0.130. The van der Waals surface area contributed by atoms with E-state index in [1.807, 2.05) is 24.3 Å². The van der Waals surface area contributed by atoms with Gasteiger partial charge in [0.25, 0.3) is 0 Å². The van der Waals surface area contributed by atoms with Crippen molar-refractivity contribution in [2.24, 2.45) is 11.8 Å². The summed E-state index contributed by atoms with van der Waals surface area (Å²) in [6, 6.07) is 13.7. The van der Waals surface area contributed by atoms with Crippen LogP contribution in [0.2, 0.25) is 0 Å². The molecule has 1 aliphatic heterocycles. The molecule has 4 atom stereocenters. The van der Waals surface area contributed by atoms with Gasteiger partial charge in [-0.15, -0.1) is 0 Å². The van der Waals surface area contributed by atoms with E-state index in [1.165, 1.54) is 24.3 Å². The van der Waals surface area contributed by atoms with Crippen molar-refractivity contribution in [2.45, 2.75) is 63.3 Å². The quantitative estimate of drug-likeness (QED) is 0.294. The summed E-state index contributed by atoms with van der Waals surface area (Å²) in [6.07, 6.45) is 2.20. The predicted molar refractivity (Wildman–Crippen MR) is 146 cm³/mol. The number of rotatable bonds is 13. The van der Waals surface area contributed by atoms with Crippen LogP contribution in [0.4, 0.5) is 9.18 Å². The largest absolute Gasteiger partial charge is 0.445 e. The van der Waals surface area contributed by atoms with Crippen LogP contribution in [-0.2, 0) is 32.1 Å². The lowest BCUT2D eigenvalue weighted by Crippen LogP contribution is -2.55. The Morgan fingerprint density at radius 2 is 1.63 bits per heavy atom. The number of amides is 4. The van der Waals surface area contributed by atoms with Crippen LogP contribution in [0.3, 0.4) is 0 Å². The Bertz CT molecular complexity index is 1260. The Kier molecular flexibility index (Phi) is 10.3. The van der Waals surface area contributed by atoms with Gasteiger partial charge >= 0.3 is 6.09 Å². The third kappa shape index (κ3) is 9.31. The summed E-state index contributed by atoms with van der Waals surface area (Å²) in [7, 11) is 0. The van der Waals surface area contributed by atoms with E-state index in [9.17, 15) is 28.8 Å². The minimum Gasteiger partial charge on any atom is -0.445 e. The summed E-state index contributed by atoms with van der Waals surface area (Å²) in [5, 5.41) is 20.3. The third-order valence-electron chi connectivity index (χ3n) is 7.23. The topological polar surface area (TPSA) is 149 Å². The Hall–Kier alpha value is -4.46. The highest BCUT2D eigenvalue weighted by atomic mass is 19.1. The molecule has 216 valence electrons. The summed E-state index contributed by atoms with van der Waals surface area (Å²) >= 11 is 0. The Labute approximate surface area is 238 Å². The molecule has 41 heavy (non-hydrogen) atoms. The number of hydrogen-bond donors (Lipinski definition) is 4. The van der Waals surface area contributed by atoms with Crippen LogP contribution in [0.5, 0.6) is 0 Å². The average molecular weight is 564 g/mol. The van der Waals surface area contributed by atoms with E-state index in [4.69, 9.17) is 4.74 Å². The molecule has 2 fully saturated rings. The second-order valence-electron chi connectivity index (χ2n) is 10.5. The maximum Gasteiger partial charge on any atom is 0.408 e. The van der Waals surface area contributed by atoms with E-state index in [2.05, 4.69) is 21.3 Å². The lowest BCUT2D eigenvalue weighted by Gasteiger charge is -2.24. The van der Waals surface area contributed by atoms with Gasteiger partial charge in [-0.05, 0) is 48.4 Å². The maximum atomic E-state index is 13.5. The molecule has 2 aromatic carbocycles. The van der Waals surface area contributed by atoms with Crippen molar-refractivity contribution in [1.29, 1.82) is 5.26 Å². The molecule has 4 N–H and O–H groups in total. The molecule has 1 heterocycles. The van der Waals surface area contributed by atoms with Crippen LogP contribution in [0.1, 0.15) is 43.2 Å². The fourth-order valence-electron chi connectivity index (χ4n) is 4.73. The molecule has 4 amide bonds. The molecular formula is C30H34FN5O5. The van der Waals surface area contributed by atoms with Crippen molar-refractivity contribution in [1.82, 2.24) is 21.3 Å². The summed E-state index contributed by atoms with van der Waals surface area (Å²) in [5.41, 5.74) is 1.36. The van der Waals surface area contributed by atoms with Gasteiger partial charge in [0.1, 0.15) is 30.5 Å². The second kappa shape index (κ2) is 14.3. The molecule has 11 heteroatoms. The molecule has 10 nitrogen and oxygen atoms in total. The summed E-state index contributed by atoms with van der Waals surface area (Å²) in [5.74, 6) is -1.82. The van der Waals surface area contributed by atoms with Gasteiger partial charge in [-0.1, -0.05) is 55.3 Å². The van der Waals surface area contributed by atoms with Crippen molar-refractivity contribution in [3.63, 3.8) is 0 Å². The highest BCUT2D eigenvalue weighted by Gasteiger charge is 2.34. The molecule has 0 aromatic heterocycles. The summed E-state index contributed by atoms with van der Waals surface area (Å²) in [6.45, 7) is 0.533. The molecule has 0 radical (unpaired) electrons. The number of ether oxygens (including phenoxy) is 1. The fourth-order valence-corrected chi connectivity index (χ4v) is 4.73. The molecule has 2 aliphatic rings. The first-order valence-electron chi connectivity index (χ1n) is 13.8. The first-order chi connectivity index (χ1) is 19.8. The predicted octanol–water partition coefficient (Wildman–Crippen LogP) is 2.48. The van der Waals surface area contributed by atoms with Crippen molar-refractivity contribution >= 4 is 23.8 Å². The second-order valence-corrected chi connectivity index (χ2v) is 10.5. The van der Waals surface area contributed by atoms with Crippen molar-refractivity contribution < 1.29 is 28.3 Å². The lowest BCUT2D eigenvalue weighted by atomic mass is 9.98. The van der Waals surface area contributed by atoms with E-state index in [1.54, 1.807) is 12.1 Å². The van der Waals surface area contributed by atoms with Crippen molar-refractivity contribution in [3.05, 3.63) is 71.5 Å². The molecule has 0 spiro atoms. The van der Waals surface area contributed by atoms with Crippen LogP contribution < -0.4 is 21.3 Å². The van der Waals surface area contributed by atoms with Crippen LogP contribution in [0.25, 0.3) is 0 Å². The molecule has 4 rings (SSSR count). The highest BCUT2D eigenvalue weighted by molar-refractivity contribution is 5.91. The van der Waals surface area contributed by atoms with Crippen LogP contribution in [-0.4, -0.2) is 48.5 Å². The monoisotopic (exact) mass is 563 g/mol. The van der Waals surface area contributed by atoms with Gasteiger partial charge in [0.05, 0.1) is 6.07 Å². The molecule has 2 aromatic rings. The number of carbonyl (C=O) groups excluding carboxylic acids is 4. The number of halogens is 1. The smallest absolute Gasteiger partial charge is 0.408 e. The third-order valence-corrected chi connectivity index (χ3v) is 7.23. The van der Waals surface area contributed by atoms with Gasteiger partial charge in [-0.25, -0.2) is 9.18 Å². The normalized spacial score (nSPS) is 18.2. The number of benzene rings is 2. The molecule has 0 bridgehead atoms. The van der Waals surface area contributed by atoms with E-state index in [0.717, 1.165) is 18.4 Å². The van der Waals surface area contributed by atoms with E-state index < -0.39 is 41.9 Å². The highest BCUT2D eigenvalue weighted by Crippen LogP contribution is 2.33. The van der Waals surface area contributed by atoms with Crippen LogP contribution in [0, 0.1) is 29.0 Å². The maximum absolute atomic E-state index is 13.5. The Balaban J connectivity index is 1.42. The van der Waals surface area contributed by atoms with Crippen molar-refractivity contribution in [3.8, 4) is 6.07 Å². The standard InChI is InChI=1S/C30H34FN5O5/c31-23-10-8-20(9-11-23)15-26(36-30(40)41-18-21-4-2-1-3-5-21)29(39)35-25(14-19-6-7-19)28(38)34-24(17-32)16-22-12-13-33-27(22)37/h1-5,8-11,19,22,24-26H,6-7,12-16,18H2,(H,33,37)(H,34,38)(H,35,39)(H,36,40). The minimum atomic E-state index is -1.12. The summed E-state index contributed by atoms with van der Waals surface area (Å²) < 4.78 is 18.8. The number of nitriles is 1. The number of carbonyl (C=O) groups is 4.